The van der Waals surface area contributed by atoms with E-state index in [-0.39, 0.29) is 5.91 Å². The summed E-state index contributed by atoms with van der Waals surface area (Å²) in [7, 11) is 1.61. The fourth-order valence-corrected chi connectivity index (χ4v) is 3.05. The van der Waals surface area contributed by atoms with E-state index < -0.39 is 5.54 Å². The fourth-order valence-electron chi connectivity index (χ4n) is 2.02. The summed E-state index contributed by atoms with van der Waals surface area (Å²) in [6.45, 7) is 6.15. The van der Waals surface area contributed by atoms with E-state index in [9.17, 15) is 4.79 Å². The van der Waals surface area contributed by atoms with Crippen LogP contribution in [0, 0.1) is 6.92 Å². The van der Waals surface area contributed by atoms with Gasteiger partial charge in [-0.15, -0.1) is 11.3 Å². The number of ether oxygens (including phenoxy) is 1. The number of rotatable bonds is 4. The summed E-state index contributed by atoms with van der Waals surface area (Å²) in [5.41, 5.74) is 7.01. The first-order valence-corrected chi connectivity index (χ1v) is 7.13. The Morgan fingerprint density at radius 2 is 2.20 bits per heavy atom. The molecule has 0 radical (unpaired) electrons. The number of carbonyl (C=O) groups is 1. The maximum Gasteiger partial charge on any atom is 0.264 e. The highest BCUT2D eigenvalue weighted by Crippen LogP contribution is 2.32. The molecule has 20 heavy (non-hydrogen) atoms. The number of amides is 1. The minimum atomic E-state index is -0.447. The number of thiophene rings is 1. The van der Waals surface area contributed by atoms with Crippen molar-refractivity contribution in [3.63, 3.8) is 0 Å². The van der Waals surface area contributed by atoms with Crippen LogP contribution in [0.15, 0.2) is 12.1 Å². The van der Waals surface area contributed by atoms with Gasteiger partial charge in [0, 0.05) is 18.2 Å². The molecule has 2 rings (SSSR count). The lowest BCUT2D eigenvalue weighted by molar-refractivity contribution is 0.0824. The molecule has 3 N–H and O–H groups in total. The molecule has 1 amide bonds. The number of hydrogen-bond acceptors (Lipinski definition) is 5. The van der Waals surface area contributed by atoms with Gasteiger partial charge >= 0.3 is 0 Å². The monoisotopic (exact) mass is 293 g/mol. The van der Waals surface area contributed by atoms with Gasteiger partial charge in [-0.1, -0.05) is 0 Å². The number of nitrogens with zero attached hydrogens (tertiary/aromatic N) is 1. The van der Waals surface area contributed by atoms with Gasteiger partial charge in [0.05, 0.1) is 17.8 Å². The normalized spacial score (nSPS) is 11.8. The van der Waals surface area contributed by atoms with Gasteiger partial charge in [-0.3, -0.25) is 4.79 Å². The van der Waals surface area contributed by atoms with Gasteiger partial charge < -0.3 is 15.8 Å². The summed E-state index contributed by atoms with van der Waals surface area (Å²) in [6, 6.07) is 3.79. The first-order valence-electron chi connectivity index (χ1n) is 6.31. The van der Waals surface area contributed by atoms with Crippen LogP contribution >= 0.6 is 11.3 Å². The average molecular weight is 293 g/mol. The minimum Gasteiger partial charge on any atom is -0.397 e. The molecule has 2 aromatic heterocycles. The molecule has 0 spiro atoms. The molecule has 0 aliphatic rings. The van der Waals surface area contributed by atoms with Crippen LogP contribution in [0.3, 0.4) is 0 Å². The number of methoxy groups -OCH3 is 1. The molecule has 0 aromatic carbocycles. The molecule has 0 bridgehead atoms. The van der Waals surface area contributed by atoms with Crippen LogP contribution < -0.4 is 11.1 Å². The quantitative estimate of drug-likeness (QED) is 0.907. The Hall–Kier alpha value is -1.66. The maximum atomic E-state index is 12.3. The first-order chi connectivity index (χ1) is 9.34. The first kappa shape index (κ1) is 14.7. The highest BCUT2D eigenvalue weighted by atomic mass is 32.1. The van der Waals surface area contributed by atoms with Gasteiger partial charge in [-0.05, 0) is 32.9 Å². The second-order valence-corrected chi connectivity index (χ2v) is 6.42. The number of nitrogen functional groups attached to an aromatic ring is 1. The van der Waals surface area contributed by atoms with Crippen LogP contribution in [0.25, 0.3) is 10.2 Å². The van der Waals surface area contributed by atoms with Gasteiger partial charge in [0.1, 0.15) is 9.71 Å². The summed E-state index contributed by atoms with van der Waals surface area (Å²) in [5.74, 6) is -0.190. The van der Waals surface area contributed by atoms with Crippen LogP contribution in [0.4, 0.5) is 5.69 Å². The van der Waals surface area contributed by atoms with E-state index in [1.54, 1.807) is 7.11 Å². The lowest BCUT2D eigenvalue weighted by atomic mass is 10.1. The standard InChI is InChI=1S/C14H19N3O2S/c1-8-5-6-9-10(15)11(20-13(9)16-8)12(18)17-14(2,3)7-19-4/h5-6H,7,15H2,1-4H3,(H,17,18). The topological polar surface area (TPSA) is 77.2 Å². The third kappa shape index (κ3) is 2.91. The molecule has 0 saturated carbocycles. The van der Waals surface area contributed by atoms with Crippen molar-refractivity contribution in [2.24, 2.45) is 0 Å². The fraction of sp³-hybridized carbons (Fsp3) is 0.429. The third-order valence-electron chi connectivity index (χ3n) is 2.90. The Bertz CT molecular complexity index is 649. The highest BCUT2D eigenvalue weighted by Gasteiger charge is 2.24. The van der Waals surface area contributed by atoms with Crippen molar-refractivity contribution < 1.29 is 9.53 Å². The predicted octanol–water partition coefficient (Wildman–Crippen LogP) is 2.34. The smallest absolute Gasteiger partial charge is 0.264 e. The van der Waals surface area contributed by atoms with Gasteiger partial charge in [-0.2, -0.15) is 0 Å². The Morgan fingerprint density at radius 1 is 1.50 bits per heavy atom. The SMILES string of the molecule is COCC(C)(C)NC(=O)c1sc2nc(C)ccc2c1N. The molecule has 0 aliphatic carbocycles. The summed E-state index contributed by atoms with van der Waals surface area (Å²) in [5, 5.41) is 3.76. The summed E-state index contributed by atoms with van der Waals surface area (Å²) >= 11 is 1.32. The highest BCUT2D eigenvalue weighted by molar-refractivity contribution is 7.21. The maximum absolute atomic E-state index is 12.3. The number of anilines is 1. The van der Waals surface area contributed by atoms with Crippen molar-refractivity contribution in [2.75, 3.05) is 19.5 Å². The number of nitrogens with one attached hydrogen (secondary N) is 1. The van der Waals surface area contributed by atoms with Crippen molar-refractivity contribution in [2.45, 2.75) is 26.3 Å². The van der Waals surface area contributed by atoms with Crippen molar-refractivity contribution in [3.05, 3.63) is 22.7 Å². The zero-order valence-electron chi connectivity index (χ0n) is 12.1. The molecule has 0 saturated heterocycles. The minimum absolute atomic E-state index is 0.190. The molecule has 6 heteroatoms. The Morgan fingerprint density at radius 3 is 2.85 bits per heavy atom. The number of aryl methyl sites for hydroxylation is 1. The van der Waals surface area contributed by atoms with E-state index in [0.29, 0.717) is 17.2 Å². The van der Waals surface area contributed by atoms with E-state index in [1.807, 2.05) is 32.9 Å². The molecule has 0 atom stereocenters. The number of nitrogens with two attached hydrogens (primary N) is 1. The van der Waals surface area contributed by atoms with E-state index in [4.69, 9.17) is 10.5 Å². The number of carbonyl (C=O) groups excluding carboxylic acids is 1. The van der Waals surface area contributed by atoms with Crippen LogP contribution in [-0.4, -0.2) is 30.1 Å². The largest absolute Gasteiger partial charge is 0.397 e. The molecular formula is C14H19N3O2S. The Balaban J connectivity index is 2.33. The van der Waals surface area contributed by atoms with Gasteiger partial charge in [0.2, 0.25) is 0 Å². The van der Waals surface area contributed by atoms with E-state index in [1.165, 1.54) is 11.3 Å². The third-order valence-corrected chi connectivity index (χ3v) is 4.01. The van der Waals surface area contributed by atoms with Crippen LogP contribution in [-0.2, 0) is 4.74 Å². The molecule has 5 nitrogen and oxygen atoms in total. The molecule has 2 heterocycles. The number of fused-ring (bicyclic) bond motifs is 1. The van der Waals surface area contributed by atoms with E-state index in [0.717, 1.165) is 15.9 Å². The summed E-state index contributed by atoms with van der Waals surface area (Å²) in [4.78, 5) is 18.0. The van der Waals surface area contributed by atoms with Crippen molar-refractivity contribution in [1.29, 1.82) is 0 Å². The second kappa shape index (κ2) is 5.38. The van der Waals surface area contributed by atoms with Gasteiger partial charge in [0.15, 0.2) is 0 Å². The van der Waals surface area contributed by atoms with E-state index >= 15 is 0 Å². The van der Waals surface area contributed by atoms with Crippen LogP contribution in [0.2, 0.25) is 0 Å². The van der Waals surface area contributed by atoms with Crippen molar-refractivity contribution in [3.8, 4) is 0 Å². The van der Waals surface area contributed by atoms with Gasteiger partial charge in [-0.25, -0.2) is 4.98 Å². The van der Waals surface area contributed by atoms with Crippen molar-refractivity contribution >= 4 is 33.1 Å². The zero-order valence-corrected chi connectivity index (χ0v) is 12.9. The molecule has 0 unspecified atom stereocenters. The molecule has 0 aliphatic heterocycles. The van der Waals surface area contributed by atoms with E-state index in [2.05, 4.69) is 10.3 Å². The number of aromatic nitrogens is 1. The summed E-state index contributed by atoms with van der Waals surface area (Å²) < 4.78 is 5.09. The lowest BCUT2D eigenvalue weighted by Crippen LogP contribution is -2.46. The molecule has 0 fully saturated rings. The molecule has 108 valence electrons. The average Bonchev–Trinajstić information content (AvgIpc) is 2.65. The predicted molar refractivity (Wildman–Crippen MR) is 82.2 cm³/mol. The van der Waals surface area contributed by atoms with Gasteiger partial charge in [0.25, 0.3) is 5.91 Å². The Kier molecular flexibility index (Phi) is 3.96. The number of pyridine rings is 1. The second-order valence-electron chi connectivity index (χ2n) is 5.42. The molecule has 2 aromatic rings. The zero-order chi connectivity index (χ0) is 14.9. The lowest BCUT2D eigenvalue weighted by Gasteiger charge is -2.24. The number of hydrogen-bond donors (Lipinski definition) is 2. The molecular weight excluding hydrogens is 274 g/mol. The Labute approximate surface area is 122 Å². The summed E-state index contributed by atoms with van der Waals surface area (Å²) in [6.07, 6.45) is 0. The van der Waals surface area contributed by atoms with Crippen LogP contribution in [0.5, 0.6) is 0 Å². The van der Waals surface area contributed by atoms with Crippen LogP contribution in [0.1, 0.15) is 29.2 Å². The van der Waals surface area contributed by atoms with Crippen molar-refractivity contribution in [1.82, 2.24) is 10.3 Å².